The van der Waals surface area contributed by atoms with E-state index >= 15 is 0 Å². The van der Waals surface area contributed by atoms with Gasteiger partial charge in [-0.05, 0) is 0 Å². The maximum atomic E-state index is 4.10. The zero-order valence-electron chi connectivity index (χ0n) is 6.55. The van der Waals surface area contributed by atoms with Crippen LogP contribution < -0.4 is 4.48 Å². The number of quaternary nitrogens is 1. The molecule has 0 aliphatic carbocycles. The molecule has 0 saturated carbocycles. The molecule has 1 aromatic heterocycles. The van der Waals surface area contributed by atoms with Gasteiger partial charge < -0.3 is 0 Å². The van der Waals surface area contributed by atoms with Gasteiger partial charge in [0.1, 0.15) is 0 Å². The van der Waals surface area contributed by atoms with E-state index in [-0.39, 0.29) is 26.2 Å². The molecule has 0 unspecified atom stereocenters. The molecule has 4 heteroatoms. The molecule has 0 radical (unpaired) electrons. The zero-order chi connectivity index (χ0) is 6.91. The molecule has 0 saturated heterocycles. The van der Waals surface area contributed by atoms with Crippen LogP contribution in [0.25, 0.3) is 0 Å². The summed E-state index contributed by atoms with van der Waals surface area (Å²) in [5, 5.41) is 0. The van der Waals surface area contributed by atoms with Crippen molar-refractivity contribution >= 4 is 5.95 Å². The first-order chi connectivity index (χ1) is 4.11. The smallest absolute Gasteiger partial charge is 0.299 e. The number of hydrogen-bond acceptors (Lipinski definition) is 1. The van der Waals surface area contributed by atoms with Gasteiger partial charge in [0.05, 0.1) is 27.3 Å². The normalized spacial score (nSPS) is 10.7. The van der Waals surface area contributed by atoms with Crippen molar-refractivity contribution < 1.29 is 26.2 Å². The van der Waals surface area contributed by atoms with Crippen molar-refractivity contribution in [1.29, 1.82) is 0 Å². The Kier molecular flexibility index (Phi) is 3.46. The second-order valence-electron chi connectivity index (χ2n) is 2.93. The molecule has 0 aliphatic heterocycles. The minimum absolute atomic E-state index is 0. The maximum absolute atomic E-state index is 4.10. The number of aromatic nitrogens is 2. The van der Waals surface area contributed by atoms with E-state index < -0.39 is 0 Å². The number of imidazole rings is 1. The average molecular weight is 217 g/mol. The van der Waals surface area contributed by atoms with Crippen LogP contribution >= 0.6 is 0 Å². The molecule has 0 amide bonds. The van der Waals surface area contributed by atoms with Gasteiger partial charge in [0.15, 0.2) is 0 Å². The number of nitrogens with zero attached hydrogens (tertiary/aromatic N) is 2. The van der Waals surface area contributed by atoms with E-state index in [9.17, 15) is 0 Å². The summed E-state index contributed by atoms with van der Waals surface area (Å²) in [5.74, 6) is 0.981. The Labute approximate surface area is 80.2 Å². The standard InChI is InChI=1S/C6H12N3.Zr/c1-9(2,3)6-7-4-5-8-6;/h4-5H,1-3H3,(H,7,8);/q+1;. The Bertz CT molecular complexity index is 175. The first-order valence-electron chi connectivity index (χ1n) is 2.92. The van der Waals surface area contributed by atoms with E-state index in [0.717, 1.165) is 10.4 Å². The second kappa shape index (κ2) is 3.45. The van der Waals surface area contributed by atoms with Crippen molar-refractivity contribution in [2.75, 3.05) is 21.1 Å². The van der Waals surface area contributed by atoms with Crippen molar-refractivity contribution in [3.05, 3.63) is 12.4 Å². The quantitative estimate of drug-likeness (QED) is 0.686. The van der Waals surface area contributed by atoms with Gasteiger partial charge in [0, 0.05) is 32.4 Å². The van der Waals surface area contributed by atoms with E-state index in [1.54, 1.807) is 6.20 Å². The Morgan fingerprint density at radius 1 is 1.40 bits per heavy atom. The molecule has 54 valence electrons. The van der Waals surface area contributed by atoms with E-state index in [1.165, 1.54) is 0 Å². The Morgan fingerprint density at radius 3 is 2.20 bits per heavy atom. The Morgan fingerprint density at radius 2 is 2.00 bits per heavy atom. The fourth-order valence-electron chi connectivity index (χ4n) is 0.624. The maximum Gasteiger partial charge on any atom is 0.305 e. The predicted octanol–water partition coefficient (Wildman–Crippen LogP) is 0.604. The third kappa shape index (κ3) is 2.35. The number of hydrogen-bond donors (Lipinski definition) is 1. The SMILES string of the molecule is C[N+](C)(C)c1ncc[nH]1.[Zr]. The fourth-order valence-corrected chi connectivity index (χ4v) is 0.624. The molecule has 0 bridgehead atoms. The first-order valence-corrected chi connectivity index (χ1v) is 2.92. The van der Waals surface area contributed by atoms with Crippen LogP contribution in [0.1, 0.15) is 0 Å². The van der Waals surface area contributed by atoms with E-state index in [0.29, 0.717) is 0 Å². The van der Waals surface area contributed by atoms with Crippen molar-refractivity contribution in [2.45, 2.75) is 0 Å². The summed E-state index contributed by atoms with van der Waals surface area (Å²) >= 11 is 0. The molecule has 1 aromatic rings. The van der Waals surface area contributed by atoms with Gasteiger partial charge in [0.25, 0.3) is 0 Å². The molecular weight excluding hydrogens is 205 g/mol. The van der Waals surface area contributed by atoms with Crippen LogP contribution in [0.2, 0.25) is 0 Å². The van der Waals surface area contributed by atoms with Crippen LogP contribution in [0.3, 0.4) is 0 Å². The van der Waals surface area contributed by atoms with Crippen molar-refractivity contribution in [1.82, 2.24) is 14.5 Å². The van der Waals surface area contributed by atoms with Crippen LogP contribution in [0.4, 0.5) is 5.95 Å². The van der Waals surface area contributed by atoms with Gasteiger partial charge in [-0.15, -0.1) is 0 Å². The molecule has 0 atom stereocenters. The summed E-state index contributed by atoms with van der Waals surface area (Å²) in [5.41, 5.74) is 0. The third-order valence-corrected chi connectivity index (χ3v) is 1.12. The molecule has 0 fully saturated rings. The molecule has 1 heterocycles. The second-order valence-corrected chi connectivity index (χ2v) is 2.93. The van der Waals surface area contributed by atoms with E-state index in [1.807, 2.05) is 6.20 Å². The van der Waals surface area contributed by atoms with Crippen LogP contribution in [0.5, 0.6) is 0 Å². The fraction of sp³-hybridized carbons (Fsp3) is 0.500. The molecular formula is C6H12N3Zr+. The molecule has 0 aromatic carbocycles. The number of H-pyrrole nitrogens is 1. The van der Waals surface area contributed by atoms with Gasteiger partial charge in [-0.1, -0.05) is 0 Å². The third-order valence-electron chi connectivity index (χ3n) is 1.12. The number of rotatable bonds is 1. The predicted molar refractivity (Wildman–Crippen MR) is 38.2 cm³/mol. The first kappa shape index (κ1) is 10.1. The molecule has 0 aliphatic rings. The van der Waals surface area contributed by atoms with Gasteiger partial charge in [0.2, 0.25) is 0 Å². The van der Waals surface area contributed by atoms with Gasteiger partial charge in [-0.25, -0.2) is 0 Å². The van der Waals surface area contributed by atoms with Crippen molar-refractivity contribution in [3.8, 4) is 0 Å². The number of nitrogens with one attached hydrogen (secondary N) is 1. The molecule has 10 heavy (non-hydrogen) atoms. The summed E-state index contributed by atoms with van der Waals surface area (Å²) in [6, 6.07) is 0. The van der Waals surface area contributed by atoms with Gasteiger partial charge >= 0.3 is 5.95 Å². The van der Waals surface area contributed by atoms with E-state index in [4.69, 9.17) is 0 Å². The van der Waals surface area contributed by atoms with Gasteiger partial charge in [-0.3, -0.25) is 9.47 Å². The van der Waals surface area contributed by atoms with Crippen molar-refractivity contribution in [3.63, 3.8) is 0 Å². The summed E-state index contributed by atoms with van der Waals surface area (Å²) in [4.78, 5) is 7.14. The largest absolute Gasteiger partial charge is 0.305 e. The van der Waals surface area contributed by atoms with Gasteiger partial charge in [-0.2, -0.15) is 4.98 Å². The summed E-state index contributed by atoms with van der Waals surface area (Å²) in [6.45, 7) is 0. The summed E-state index contributed by atoms with van der Waals surface area (Å²) in [6.07, 6.45) is 3.59. The minimum Gasteiger partial charge on any atom is -0.299 e. The van der Waals surface area contributed by atoms with Crippen molar-refractivity contribution in [2.24, 2.45) is 0 Å². The van der Waals surface area contributed by atoms with Crippen LogP contribution in [-0.2, 0) is 26.2 Å². The molecule has 1 rings (SSSR count). The Balaban J connectivity index is 0.000000810. The van der Waals surface area contributed by atoms with E-state index in [2.05, 4.69) is 31.1 Å². The van der Waals surface area contributed by atoms with Crippen LogP contribution in [-0.4, -0.2) is 31.1 Å². The minimum atomic E-state index is 0. The topological polar surface area (TPSA) is 28.7 Å². The van der Waals surface area contributed by atoms with Crippen LogP contribution in [0.15, 0.2) is 12.4 Å². The molecule has 0 spiro atoms. The molecule has 1 N–H and O–H groups in total. The van der Waals surface area contributed by atoms with Crippen LogP contribution in [0, 0.1) is 0 Å². The monoisotopic (exact) mass is 216 g/mol. The number of aromatic amines is 1. The molecule has 3 nitrogen and oxygen atoms in total. The average Bonchev–Trinajstić information content (AvgIpc) is 2.08. The summed E-state index contributed by atoms with van der Waals surface area (Å²) < 4.78 is 0.743. The summed E-state index contributed by atoms with van der Waals surface area (Å²) in [7, 11) is 6.20. The zero-order valence-corrected chi connectivity index (χ0v) is 9.01. The Hall–Kier alpha value is 0.0531.